The molecule has 2 aromatic carbocycles. The quantitative estimate of drug-likeness (QED) is 0.551. The van der Waals surface area contributed by atoms with Gasteiger partial charge in [0.05, 0.1) is 11.3 Å². The van der Waals surface area contributed by atoms with E-state index in [2.05, 4.69) is 45.0 Å². The fourth-order valence-corrected chi connectivity index (χ4v) is 5.27. The van der Waals surface area contributed by atoms with E-state index >= 15 is 0 Å². The van der Waals surface area contributed by atoms with Gasteiger partial charge in [0.2, 0.25) is 5.17 Å². The Kier molecular flexibility index (Phi) is 4.83. The van der Waals surface area contributed by atoms with Gasteiger partial charge in [0.25, 0.3) is 5.91 Å². The van der Waals surface area contributed by atoms with Gasteiger partial charge in [0, 0.05) is 16.8 Å². The van der Waals surface area contributed by atoms with E-state index in [4.69, 9.17) is 5.41 Å². The van der Waals surface area contributed by atoms with Gasteiger partial charge in [-0.15, -0.1) is 16.9 Å². The second-order valence-corrected chi connectivity index (χ2v) is 9.26. The van der Waals surface area contributed by atoms with Gasteiger partial charge in [0.1, 0.15) is 0 Å². The van der Waals surface area contributed by atoms with Crippen molar-refractivity contribution in [2.75, 3.05) is 6.26 Å². The minimum absolute atomic E-state index is 0.0570. The van der Waals surface area contributed by atoms with Crippen molar-refractivity contribution >= 4 is 61.7 Å². The SMILES string of the molecule is CSC1=NN2C(=N)/C(=C/c3cc(C)n(-c4cccc5ccccc45)c3C)C(=O)N=C2S1. The molecule has 0 saturated carbocycles. The summed E-state index contributed by atoms with van der Waals surface area (Å²) in [5, 5.41) is 17.1. The second kappa shape index (κ2) is 7.55. The van der Waals surface area contributed by atoms with Crippen LogP contribution in [0.4, 0.5) is 0 Å². The van der Waals surface area contributed by atoms with E-state index in [0.717, 1.165) is 32.4 Å². The first-order valence-corrected chi connectivity index (χ1v) is 11.7. The summed E-state index contributed by atoms with van der Waals surface area (Å²) >= 11 is 2.79. The van der Waals surface area contributed by atoms with Crippen molar-refractivity contribution in [2.24, 2.45) is 10.1 Å². The Balaban J connectivity index is 1.61. The molecule has 6 nitrogen and oxygen atoms in total. The average molecular weight is 446 g/mol. The van der Waals surface area contributed by atoms with Crippen LogP contribution in [0.1, 0.15) is 17.0 Å². The van der Waals surface area contributed by atoms with Gasteiger partial charge in [-0.05, 0) is 61.0 Å². The number of rotatable bonds is 2. The molecule has 1 aromatic heterocycles. The monoisotopic (exact) mass is 445 g/mol. The van der Waals surface area contributed by atoms with Crippen molar-refractivity contribution in [3.8, 4) is 5.69 Å². The number of amidine groups is 2. The van der Waals surface area contributed by atoms with Crippen molar-refractivity contribution in [1.82, 2.24) is 9.58 Å². The Bertz CT molecular complexity index is 1360. The Morgan fingerprint density at radius 3 is 2.71 bits per heavy atom. The minimum Gasteiger partial charge on any atom is -0.317 e. The van der Waals surface area contributed by atoms with E-state index in [1.165, 1.54) is 33.9 Å². The van der Waals surface area contributed by atoms with Gasteiger partial charge in [0.15, 0.2) is 10.2 Å². The highest BCUT2D eigenvalue weighted by Crippen LogP contribution is 2.33. The van der Waals surface area contributed by atoms with Crippen LogP contribution >= 0.6 is 23.5 Å². The molecule has 31 heavy (non-hydrogen) atoms. The summed E-state index contributed by atoms with van der Waals surface area (Å²) in [6.07, 6.45) is 3.67. The summed E-state index contributed by atoms with van der Waals surface area (Å²) < 4.78 is 2.96. The summed E-state index contributed by atoms with van der Waals surface area (Å²) in [4.78, 5) is 16.8. The number of thioether (sulfide) groups is 2. The molecule has 2 aliphatic rings. The van der Waals surface area contributed by atoms with Gasteiger partial charge in [-0.2, -0.15) is 10.0 Å². The normalized spacial score (nSPS) is 17.4. The zero-order valence-corrected chi connectivity index (χ0v) is 18.8. The standard InChI is InChI=1S/C23H19N5OS2/c1-13-11-16(12-18-20(24)28-22(25-21(18)29)31-23(26-28)30-3)14(2)27(13)19-10-6-8-15-7-4-5-9-17(15)19/h4-12,24H,1-3H3/b18-12-,24-20?. The molecule has 0 aliphatic carbocycles. The van der Waals surface area contributed by atoms with Crippen LogP contribution in [0.25, 0.3) is 22.5 Å². The third-order valence-electron chi connectivity index (χ3n) is 5.39. The molecular weight excluding hydrogens is 426 g/mol. The van der Waals surface area contributed by atoms with E-state index in [1.54, 1.807) is 6.08 Å². The first kappa shape index (κ1) is 19.8. The zero-order chi connectivity index (χ0) is 21.7. The molecule has 3 aromatic rings. The van der Waals surface area contributed by atoms with Gasteiger partial charge in [-0.25, -0.2) is 0 Å². The lowest BCUT2D eigenvalue weighted by Crippen LogP contribution is -2.35. The van der Waals surface area contributed by atoms with Gasteiger partial charge in [-0.3, -0.25) is 10.2 Å². The number of hydrogen-bond donors (Lipinski definition) is 1. The molecule has 1 amide bonds. The molecule has 5 rings (SSSR count). The van der Waals surface area contributed by atoms with Crippen LogP contribution in [0.3, 0.4) is 0 Å². The summed E-state index contributed by atoms with van der Waals surface area (Å²) in [5.41, 5.74) is 4.28. The van der Waals surface area contributed by atoms with E-state index in [-0.39, 0.29) is 11.4 Å². The lowest BCUT2D eigenvalue weighted by molar-refractivity contribution is -0.114. The Hall–Kier alpha value is -3.10. The highest BCUT2D eigenvalue weighted by atomic mass is 32.2. The van der Waals surface area contributed by atoms with E-state index in [1.807, 2.05) is 38.3 Å². The molecule has 2 aliphatic heterocycles. The number of aryl methyl sites for hydroxylation is 1. The average Bonchev–Trinajstić information content (AvgIpc) is 3.31. The van der Waals surface area contributed by atoms with Gasteiger partial charge in [-0.1, -0.05) is 36.4 Å². The molecule has 0 saturated heterocycles. The fourth-order valence-electron chi connectivity index (χ4n) is 3.92. The predicted octanol–water partition coefficient (Wildman–Crippen LogP) is 5.19. The lowest BCUT2D eigenvalue weighted by atomic mass is 10.1. The topological polar surface area (TPSA) is 73.8 Å². The second-order valence-electron chi connectivity index (χ2n) is 7.25. The van der Waals surface area contributed by atoms with E-state index in [9.17, 15) is 4.79 Å². The number of carbonyl (C=O) groups is 1. The molecule has 154 valence electrons. The number of nitrogens with one attached hydrogen (secondary N) is 1. The van der Waals surface area contributed by atoms with Crippen molar-refractivity contribution in [2.45, 2.75) is 13.8 Å². The number of hydrazone groups is 1. The van der Waals surface area contributed by atoms with Crippen LogP contribution in [-0.4, -0.2) is 37.1 Å². The van der Waals surface area contributed by atoms with Crippen LogP contribution < -0.4 is 0 Å². The zero-order valence-electron chi connectivity index (χ0n) is 17.2. The number of aromatic nitrogens is 1. The fraction of sp³-hybridized carbons (Fsp3) is 0.130. The molecule has 1 N–H and O–H groups in total. The maximum Gasteiger partial charge on any atom is 0.283 e. The van der Waals surface area contributed by atoms with Crippen molar-refractivity contribution in [1.29, 1.82) is 5.41 Å². The maximum atomic E-state index is 12.7. The Morgan fingerprint density at radius 1 is 1.13 bits per heavy atom. The Morgan fingerprint density at radius 2 is 1.90 bits per heavy atom. The van der Waals surface area contributed by atoms with Crippen LogP contribution in [0.5, 0.6) is 0 Å². The molecular formula is C23H19N5OS2. The summed E-state index contributed by atoms with van der Waals surface area (Å²) in [6, 6.07) is 16.6. The number of aliphatic imine (C=N–C) groups is 1. The third kappa shape index (κ3) is 3.23. The molecule has 0 fully saturated rings. The minimum atomic E-state index is -0.406. The van der Waals surface area contributed by atoms with Crippen LogP contribution in [0.15, 0.2) is 64.2 Å². The number of amides is 1. The van der Waals surface area contributed by atoms with Crippen LogP contribution in [0.2, 0.25) is 0 Å². The summed E-state index contributed by atoms with van der Waals surface area (Å²) in [6.45, 7) is 4.08. The number of hydrogen-bond acceptors (Lipinski definition) is 5. The van der Waals surface area contributed by atoms with Crippen molar-refractivity contribution < 1.29 is 4.79 Å². The maximum absolute atomic E-state index is 12.7. The predicted molar refractivity (Wildman–Crippen MR) is 131 cm³/mol. The molecule has 0 unspecified atom stereocenters. The number of benzene rings is 2. The van der Waals surface area contributed by atoms with Crippen molar-refractivity contribution in [3.63, 3.8) is 0 Å². The molecule has 0 bridgehead atoms. The van der Waals surface area contributed by atoms with Gasteiger partial charge < -0.3 is 4.57 Å². The highest BCUT2D eigenvalue weighted by Gasteiger charge is 2.35. The van der Waals surface area contributed by atoms with Crippen LogP contribution in [-0.2, 0) is 4.79 Å². The molecule has 0 radical (unpaired) electrons. The smallest absolute Gasteiger partial charge is 0.283 e. The van der Waals surface area contributed by atoms with Crippen molar-refractivity contribution in [3.05, 3.63) is 71.1 Å². The molecule has 0 spiro atoms. The summed E-state index contributed by atoms with van der Waals surface area (Å²) in [5.74, 6) is -0.349. The summed E-state index contributed by atoms with van der Waals surface area (Å²) in [7, 11) is 0. The number of fused-ring (bicyclic) bond motifs is 2. The lowest BCUT2D eigenvalue weighted by Gasteiger charge is -2.20. The first-order valence-electron chi connectivity index (χ1n) is 9.69. The number of nitrogens with zero attached hydrogens (tertiary/aromatic N) is 4. The van der Waals surface area contributed by atoms with E-state index < -0.39 is 5.91 Å². The number of carbonyl (C=O) groups excluding carboxylic acids is 1. The molecule has 0 atom stereocenters. The largest absolute Gasteiger partial charge is 0.317 e. The third-order valence-corrected chi connectivity index (χ3v) is 7.27. The van der Waals surface area contributed by atoms with Gasteiger partial charge >= 0.3 is 0 Å². The Labute approximate surface area is 188 Å². The molecule has 8 heteroatoms. The molecule has 3 heterocycles. The highest BCUT2D eigenvalue weighted by molar-refractivity contribution is 8.45. The van der Waals surface area contributed by atoms with E-state index in [0.29, 0.717) is 5.17 Å². The van der Waals surface area contributed by atoms with Crippen LogP contribution in [0, 0.1) is 19.3 Å². The first-order chi connectivity index (χ1) is 15.0.